The Morgan fingerprint density at radius 1 is 0.585 bits per heavy atom. The van der Waals surface area contributed by atoms with E-state index < -0.39 is 0 Å². The van der Waals surface area contributed by atoms with Crippen LogP contribution in [0.4, 0.5) is 17.1 Å². The molecule has 1 aromatic heterocycles. The van der Waals surface area contributed by atoms with E-state index in [2.05, 4.69) is 29.2 Å². The van der Waals surface area contributed by atoms with Crippen molar-refractivity contribution in [3.8, 4) is 34.1 Å². The minimum absolute atomic E-state index is 0.0307. The van der Waals surface area contributed by atoms with Gasteiger partial charge >= 0.3 is 11.5 Å². The first kappa shape index (κ1) is 24.6. The average molecular weight is 537 g/mol. The molecule has 0 fully saturated rings. The third-order valence-electron chi connectivity index (χ3n) is 7.55. The van der Waals surface area contributed by atoms with Gasteiger partial charge in [0.2, 0.25) is 0 Å². The molecular weight excluding hydrogens is 510 g/mol. The van der Waals surface area contributed by atoms with Gasteiger partial charge in [-0.05, 0) is 78.9 Å². The molecule has 198 valence electrons. The van der Waals surface area contributed by atoms with Crippen LogP contribution in [0.5, 0.6) is 11.5 Å². The van der Waals surface area contributed by atoms with Gasteiger partial charge in [-0.15, -0.1) is 0 Å². The van der Waals surface area contributed by atoms with Crippen molar-refractivity contribution in [2.45, 2.75) is 0 Å². The van der Waals surface area contributed by atoms with E-state index in [9.17, 15) is 4.79 Å². The number of nitrogens with zero attached hydrogens (tertiary/aromatic N) is 1. The molecule has 1 heterocycles. The van der Waals surface area contributed by atoms with Gasteiger partial charge in [-0.2, -0.15) is 0 Å². The van der Waals surface area contributed by atoms with Crippen LogP contribution in [0.2, 0.25) is 0 Å². The zero-order valence-electron chi connectivity index (χ0n) is 22.6. The Bertz CT molecular complexity index is 1860. The van der Waals surface area contributed by atoms with Crippen LogP contribution in [0.15, 0.2) is 126 Å². The fraction of sp³-hybridized carbons (Fsp3) is 0.0556. The zero-order chi connectivity index (χ0) is 27.9. The van der Waals surface area contributed by atoms with Crippen LogP contribution in [-0.4, -0.2) is 20.0 Å². The monoisotopic (exact) mass is 536 g/mol. The van der Waals surface area contributed by atoms with Crippen molar-refractivity contribution in [1.29, 1.82) is 0 Å². The standard InChI is InChI=1S/C36H26NO4/c1-39-28-18-14-26(15-19-28)37(27-16-20-29(40-2)21-17-27)25-12-10-23(11-13-25)33-22-24-6-5-9-32-34(24)36(41-33)31-8-4-3-7-30(31)35(32)38/h3-22H,1-2H3/q+1. The minimum Gasteiger partial charge on any atom is -0.497 e. The summed E-state index contributed by atoms with van der Waals surface area (Å²) < 4.78 is 17.3. The van der Waals surface area contributed by atoms with Gasteiger partial charge in [0.05, 0.1) is 36.8 Å². The molecule has 0 atom stereocenters. The predicted octanol–water partition coefficient (Wildman–Crippen LogP) is 9.08. The van der Waals surface area contributed by atoms with E-state index in [1.54, 1.807) is 14.2 Å². The summed E-state index contributed by atoms with van der Waals surface area (Å²) in [5.41, 5.74) is 6.09. The zero-order valence-corrected chi connectivity index (χ0v) is 22.6. The smallest absolute Gasteiger partial charge is 0.370 e. The molecule has 7 rings (SSSR count). The van der Waals surface area contributed by atoms with E-state index in [-0.39, 0.29) is 5.78 Å². The van der Waals surface area contributed by atoms with Crippen molar-refractivity contribution in [2.75, 3.05) is 19.1 Å². The molecular formula is C36H26NO4+. The van der Waals surface area contributed by atoms with Crippen LogP contribution in [-0.2, 0) is 0 Å². The minimum atomic E-state index is 0.0307. The molecule has 6 aromatic rings. The Balaban J connectivity index is 1.32. The fourth-order valence-corrected chi connectivity index (χ4v) is 5.51. The summed E-state index contributed by atoms with van der Waals surface area (Å²) in [6.45, 7) is 0. The summed E-state index contributed by atoms with van der Waals surface area (Å²) in [4.78, 5) is 15.4. The molecule has 0 unspecified atom stereocenters. The highest BCUT2D eigenvalue weighted by Gasteiger charge is 2.34. The van der Waals surface area contributed by atoms with E-state index in [0.717, 1.165) is 62.0 Å². The molecule has 1 aliphatic carbocycles. The SMILES string of the molecule is COc1ccc(N(c2ccc(OC)cc2)c2ccc(-c3cc4cccc5c4c([o+]3)-c3ccccc3C5=O)cc2)cc1. The van der Waals surface area contributed by atoms with Crippen LogP contribution in [0.1, 0.15) is 15.9 Å². The highest BCUT2D eigenvalue weighted by atomic mass is 16.5. The molecule has 5 aromatic carbocycles. The summed E-state index contributed by atoms with van der Waals surface area (Å²) >= 11 is 0. The van der Waals surface area contributed by atoms with Crippen molar-refractivity contribution in [3.05, 3.63) is 132 Å². The number of hydrogen-bond acceptors (Lipinski definition) is 4. The number of methoxy groups -OCH3 is 2. The molecule has 41 heavy (non-hydrogen) atoms. The maximum atomic E-state index is 13.2. The van der Waals surface area contributed by atoms with Gasteiger partial charge in [0.15, 0.2) is 5.78 Å². The third-order valence-corrected chi connectivity index (χ3v) is 7.55. The summed E-state index contributed by atoms with van der Waals surface area (Å²) in [6, 6.07) is 39.8. The van der Waals surface area contributed by atoms with E-state index >= 15 is 0 Å². The Labute approximate surface area is 237 Å². The molecule has 0 saturated heterocycles. The molecule has 0 bridgehead atoms. The highest BCUT2D eigenvalue weighted by molar-refractivity contribution is 6.25. The predicted molar refractivity (Wildman–Crippen MR) is 163 cm³/mol. The van der Waals surface area contributed by atoms with E-state index in [0.29, 0.717) is 11.1 Å². The second-order valence-corrected chi connectivity index (χ2v) is 9.86. The number of carbonyl (C=O) groups is 1. The van der Waals surface area contributed by atoms with Crippen molar-refractivity contribution >= 4 is 33.6 Å². The first-order valence-electron chi connectivity index (χ1n) is 13.4. The molecule has 0 spiro atoms. The Kier molecular flexibility index (Phi) is 5.98. The fourth-order valence-electron chi connectivity index (χ4n) is 5.51. The second kappa shape index (κ2) is 9.96. The lowest BCUT2D eigenvalue weighted by Crippen LogP contribution is -2.10. The Hall–Kier alpha value is -5.42. The van der Waals surface area contributed by atoms with Crippen LogP contribution in [0, 0.1) is 0 Å². The number of hydrogen-bond donors (Lipinski definition) is 0. The van der Waals surface area contributed by atoms with Gasteiger partial charge in [0.25, 0.3) is 0 Å². The number of ketones is 1. The summed E-state index contributed by atoms with van der Waals surface area (Å²) in [6.07, 6.45) is 0. The Morgan fingerprint density at radius 3 is 1.71 bits per heavy atom. The second-order valence-electron chi connectivity index (χ2n) is 9.86. The van der Waals surface area contributed by atoms with Gasteiger partial charge in [-0.25, -0.2) is 4.42 Å². The molecule has 5 nitrogen and oxygen atoms in total. The van der Waals surface area contributed by atoms with Crippen molar-refractivity contribution in [1.82, 2.24) is 0 Å². The number of fused-ring (bicyclic) bond motifs is 2. The topological polar surface area (TPSA) is 50.1 Å². The van der Waals surface area contributed by atoms with Crippen LogP contribution >= 0.6 is 0 Å². The number of carbonyl (C=O) groups excluding carboxylic acids is 1. The molecule has 0 aliphatic heterocycles. The van der Waals surface area contributed by atoms with Gasteiger partial charge < -0.3 is 14.4 Å². The largest absolute Gasteiger partial charge is 0.497 e. The number of ether oxygens (including phenoxy) is 2. The molecule has 5 heteroatoms. The van der Waals surface area contributed by atoms with Crippen LogP contribution in [0.3, 0.4) is 0 Å². The van der Waals surface area contributed by atoms with Crippen molar-refractivity contribution in [3.63, 3.8) is 0 Å². The number of anilines is 3. The molecule has 0 radical (unpaired) electrons. The summed E-state index contributed by atoms with van der Waals surface area (Å²) in [5, 5.41) is 1.84. The lowest BCUT2D eigenvalue weighted by Gasteiger charge is -2.25. The first-order chi connectivity index (χ1) is 20.1. The van der Waals surface area contributed by atoms with Gasteiger partial charge in [0, 0.05) is 33.6 Å². The summed E-state index contributed by atoms with van der Waals surface area (Å²) in [7, 11) is 3.33. The van der Waals surface area contributed by atoms with Gasteiger partial charge in [-0.3, -0.25) is 4.79 Å². The molecule has 0 amide bonds. The van der Waals surface area contributed by atoms with Crippen molar-refractivity contribution in [2.24, 2.45) is 0 Å². The molecule has 0 saturated carbocycles. The van der Waals surface area contributed by atoms with E-state index in [1.165, 1.54) is 0 Å². The van der Waals surface area contributed by atoms with Crippen molar-refractivity contribution < 1.29 is 18.7 Å². The van der Waals surface area contributed by atoms with Gasteiger partial charge in [-0.1, -0.05) is 36.4 Å². The lowest BCUT2D eigenvalue weighted by atomic mass is 9.86. The van der Waals surface area contributed by atoms with E-state index in [4.69, 9.17) is 13.9 Å². The lowest BCUT2D eigenvalue weighted by molar-refractivity contribution is 0.103. The average Bonchev–Trinajstić information content (AvgIpc) is 3.04. The maximum absolute atomic E-state index is 13.2. The van der Waals surface area contributed by atoms with Crippen LogP contribution in [0.25, 0.3) is 33.4 Å². The maximum Gasteiger partial charge on any atom is 0.370 e. The first-order valence-corrected chi connectivity index (χ1v) is 13.4. The number of benzene rings is 5. The Morgan fingerprint density at radius 2 is 1.12 bits per heavy atom. The molecule has 0 N–H and O–H groups in total. The third kappa shape index (κ3) is 4.19. The quantitative estimate of drug-likeness (QED) is 0.198. The highest BCUT2D eigenvalue weighted by Crippen LogP contribution is 2.43. The number of rotatable bonds is 6. The van der Waals surface area contributed by atoms with Gasteiger partial charge in [0.1, 0.15) is 11.5 Å². The molecule has 1 aliphatic rings. The van der Waals surface area contributed by atoms with E-state index in [1.807, 2.05) is 97.1 Å². The summed E-state index contributed by atoms with van der Waals surface area (Å²) in [5.74, 6) is 3.09. The van der Waals surface area contributed by atoms with Crippen LogP contribution < -0.4 is 14.4 Å². The normalized spacial score (nSPS) is 11.7.